The summed E-state index contributed by atoms with van der Waals surface area (Å²) >= 11 is 6.06. The predicted molar refractivity (Wildman–Crippen MR) is 55.3 cm³/mol. The SMILES string of the molecule is CC(=O)Cc1cc(C)cc(C)c1Cl. The first-order valence-electron chi connectivity index (χ1n) is 4.25. The first kappa shape index (κ1) is 10.3. The van der Waals surface area contributed by atoms with Gasteiger partial charge in [0.25, 0.3) is 0 Å². The highest BCUT2D eigenvalue weighted by molar-refractivity contribution is 6.32. The number of benzene rings is 1. The quantitative estimate of drug-likeness (QED) is 0.711. The third-order valence-electron chi connectivity index (χ3n) is 1.91. The molecule has 0 saturated carbocycles. The monoisotopic (exact) mass is 196 g/mol. The summed E-state index contributed by atoms with van der Waals surface area (Å²) in [5.74, 6) is 0.145. The van der Waals surface area contributed by atoms with Crippen LogP contribution in [0.4, 0.5) is 0 Å². The average Bonchev–Trinajstić information content (AvgIpc) is 1.98. The Morgan fingerprint density at radius 1 is 1.38 bits per heavy atom. The molecule has 0 aliphatic heterocycles. The van der Waals surface area contributed by atoms with E-state index in [0.717, 1.165) is 21.7 Å². The first-order valence-corrected chi connectivity index (χ1v) is 4.63. The molecule has 0 aromatic heterocycles. The molecule has 0 bridgehead atoms. The van der Waals surface area contributed by atoms with Gasteiger partial charge in [-0.25, -0.2) is 0 Å². The maximum Gasteiger partial charge on any atom is 0.134 e. The standard InChI is InChI=1S/C11H13ClO/c1-7-4-8(2)11(12)10(5-7)6-9(3)13/h4-5H,6H2,1-3H3. The Morgan fingerprint density at radius 3 is 2.54 bits per heavy atom. The first-order chi connectivity index (χ1) is 6.00. The van der Waals surface area contributed by atoms with E-state index >= 15 is 0 Å². The van der Waals surface area contributed by atoms with Crippen LogP contribution in [0, 0.1) is 13.8 Å². The number of hydrogen-bond acceptors (Lipinski definition) is 1. The van der Waals surface area contributed by atoms with Crippen LogP contribution in [0.15, 0.2) is 12.1 Å². The highest BCUT2D eigenvalue weighted by Gasteiger charge is 2.06. The average molecular weight is 197 g/mol. The van der Waals surface area contributed by atoms with Gasteiger partial charge in [-0.2, -0.15) is 0 Å². The molecule has 1 aromatic carbocycles. The molecular formula is C11H13ClO. The zero-order valence-electron chi connectivity index (χ0n) is 8.15. The van der Waals surface area contributed by atoms with Crippen LogP contribution in [-0.2, 0) is 11.2 Å². The minimum absolute atomic E-state index is 0.145. The fourth-order valence-corrected chi connectivity index (χ4v) is 1.61. The Labute approximate surface area is 83.7 Å². The Kier molecular flexibility index (Phi) is 3.10. The molecule has 0 radical (unpaired) electrons. The number of rotatable bonds is 2. The number of hydrogen-bond donors (Lipinski definition) is 0. The lowest BCUT2D eigenvalue weighted by Crippen LogP contribution is -1.98. The van der Waals surface area contributed by atoms with E-state index in [-0.39, 0.29) is 5.78 Å². The van der Waals surface area contributed by atoms with E-state index in [1.54, 1.807) is 6.92 Å². The van der Waals surface area contributed by atoms with E-state index in [0.29, 0.717) is 6.42 Å². The van der Waals surface area contributed by atoms with Gasteiger partial charge in [0.2, 0.25) is 0 Å². The Morgan fingerprint density at radius 2 is 2.00 bits per heavy atom. The van der Waals surface area contributed by atoms with E-state index in [1.165, 1.54) is 0 Å². The molecule has 70 valence electrons. The lowest BCUT2D eigenvalue weighted by Gasteiger charge is -2.06. The minimum Gasteiger partial charge on any atom is -0.300 e. The van der Waals surface area contributed by atoms with Gasteiger partial charge in [-0.05, 0) is 31.9 Å². The van der Waals surface area contributed by atoms with Crippen molar-refractivity contribution in [2.75, 3.05) is 0 Å². The maximum absolute atomic E-state index is 10.9. The lowest BCUT2D eigenvalue weighted by molar-refractivity contribution is -0.116. The molecule has 0 aliphatic carbocycles. The van der Waals surface area contributed by atoms with Gasteiger partial charge in [-0.15, -0.1) is 0 Å². The van der Waals surface area contributed by atoms with Crippen LogP contribution in [0.2, 0.25) is 5.02 Å². The van der Waals surface area contributed by atoms with E-state index < -0.39 is 0 Å². The highest BCUT2D eigenvalue weighted by Crippen LogP contribution is 2.22. The molecule has 13 heavy (non-hydrogen) atoms. The summed E-state index contributed by atoms with van der Waals surface area (Å²) in [6.45, 7) is 5.54. The van der Waals surface area contributed by atoms with Crippen molar-refractivity contribution >= 4 is 17.4 Å². The zero-order valence-corrected chi connectivity index (χ0v) is 8.90. The van der Waals surface area contributed by atoms with Crippen molar-refractivity contribution in [1.82, 2.24) is 0 Å². The fourth-order valence-electron chi connectivity index (χ4n) is 1.43. The summed E-state index contributed by atoms with van der Waals surface area (Å²) in [6.07, 6.45) is 0.432. The molecule has 1 aromatic rings. The van der Waals surface area contributed by atoms with E-state index in [1.807, 2.05) is 26.0 Å². The molecule has 0 atom stereocenters. The molecule has 1 nitrogen and oxygen atoms in total. The normalized spacial score (nSPS) is 10.2. The van der Waals surface area contributed by atoms with Crippen LogP contribution in [0.1, 0.15) is 23.6 Å². The molecule has 0 heterocycles. The van der Waals surface area contributed by atoms with Crippen molar-refractivity contribution in [2.24, 2.45) is 0 Å². The van der Waals surface area contributed by atoms with Gasteiger partial charge in [0.1, 0.15) is 5.78 Å². The molecule has 0 aliphatic rings. The number of carbonyl (C=O) groups excluding carboxylic acids is 1. The summed E-state index contributed by atoms with van der Waals surface area (Å²) in [7, 11) is 0. The van der Waals surface area contributed by atoms with Crippen LogP contribution < -0.4 is 0 Å². The van der Waals surface area contributed by atoms with Crippen molar-refractivity contribution in [3.05, 3.63) is 33.8 Å². The molecular weight excluding hydrogens is 184 g/mol. The molecule has 0 amide bonds. The molecule has 0 spiro atoms. The van der Waals surface area contributed by atoms with Crippen molar-refractivity contribution in [2.45, 2.75) is 27.2 Å². The number of ketones is 1. The van der Waals surface area contributed by atoms with Crippen molar-refractivity contribution in [1.29, 1.82) is 0 Å². The van der Waals surface area contributed by atoms with E-state index in [2.05, 4.69) is 0 Å². The number of halogens is 1. The van der Waals surface area contributed by atoms with Crippen LogP contribution in [-0.4, -0.2) is 5.78 Å². The van der Waals surface area contributed by atoms with E-state index in [4.69, 9.17) is 11.6 Å². The second-order valence-electron chi connectivity index (χ2n) is 3.43. The second-order valence-corrected chi connectivity index (χ2v) is 3.81. The van der Waals surface area contributed by atoms with Gasteiger partial charge >= 0.3 is 0 Å². The Balaban J connectivity index is 3.12. The summed E-state index contributed by atoms with van der Waals surface area (Å²) < 4.78 is 0. The summed E-state index contributed by atoms with van der Waals surface area (Å²) in [6, 6.07) is 3.99. The fraction of sp³-hybridized carbons (Fsp3) is 0.364. The van der Waals surface area contributed by atoms with Crippen LogP contribution >= 0.6 is 11.6 Å². The van der Waals surface area contributed by atoms with Gasteiger partial charge in [-0.1, -0.05) is 29.3 Å². The molecule has 1 rings (SSSR count). The van der Waals surface area contributed by atoms with Crippen molar-refractivity contribution < 1.29 is 4.79 Å². The predicted octanol–water partition coefficient (Wildman–Crippen LogP) is 3.09. The number of aryl methyl sites for hydroxylation is 2. The minimum atomic E-state index is 0.145. The Bertz CT molecular complexity index is 342. The van der Waals surface area contributed by atoms with Crippen molar-refractivity contribution in [3.8, 4) is 0 Å². The smallest absolute Gasteiger partial charge is 0.134 e. The third kappa shape index (κ3) is 2.56. The summed E-state index contributed by atoms with van der Waals surface area (Å²) in [5, 5.41) is 0.723. The van der Waals surface area contributed by atoms with Crippen LogP contribution in [0.25, 0.3) is 0 Å². The lowest BCUT2D eigenvalue weighted by atomic mass is 10.0. The molecule has 0 fully saturated rings. The summed E-state index contributed by atoms with van der Waals surface area (Å²) in [5.41, 5.74) is 3.13. The highest BCUT2D eigenvalue weighted by atomic mass is 35.5. The topological polar surface area (TPSA) is 17.1 Å². The van der Waals surface area contributed by atoms with Gasteiger partial charge in [0.15, 0.2) is 0 Å². The number of carbonyl (C=O) groups is 1. The van der Waals surface area contributed by atoms with Gasteiger partial charge in [0, 0.05) is 11.4 Å². The largest absolute Gasteiger partial charge is 0.300 e. The maximum atomic E-state index is 10.9. The van der Waals surface area contributed by atoms with Crippen molar-refractivity contribution in [3.63, 3.8) is 0 Å². The number of Topliss-reactive ketones (excluding diaryl/α,β-unsaturated/α-hetero) is 1. The molecule has 0 saturated heterocycles. The molecule has 0 unspecified atom stereocenters. The third-order valence-corrected chi connectivity index (χ3v) is 2.45. The van der Waals surface area contributed by atoms with Gasteiger partial charge in [-0.3, -0.25) is 4.79 Å². The summed E-state index contributed by atoms with van der Waals surface area (Å²) in [4.78, 5) is 10.9. The van der Waals surface area contributed by atoms with Crippen LogP contribution in [0.3, 0.4) is 0 Å². The van der Waals surface area contributed by atoms with E-state index in [9.17, 15) is 4.79 Å². The van der Waals surface area contributed by atoms with Crippen LogP contribution in [0.5, 0.6) is 0 Å². The Hall–Kier alpha value is -0.820. The second kappa shape index (κ2) is 3.93. The van der Waals surface area contributed by atoms with Gasteiger partial charge in [0.05, 0.1) is 0 Å². The zero-order chi connectivity index (χ0) is 10.0. The molecule has 0 N–H and O–H groups in total. The molecule has 2 heteroatoms. The van der Waals surface area contributed by atoms with Gasteiger partial charge < -0.3 is 0 Å².